The van der Waals surface area contributed by atoms with Crippen molar-refractivity contribution in [3.8, 4) is 0 Å². The van der Waals surface area contributed by atoms with Crippen molar-refractivity contribution < 1.29 is 13.9 Å². The van der Waals surface area contributed by atoms with Crippen LogP contribution in [0.5, 0.6) is 0 Å². The van der Waals surface area contributed by atoms with E-state index in [2.05, 4.69) is 0 Å². The van der Waals surface area contributed by atoms with Crippen LogP contribution in [0.15, 0.2) is 18.2 Å². The number of hydrogen-bond acceptors (Lipinski definition) is 3. The molecule has 0 amide bonds. The molecule has 0 atom stereocenters. The second-order valence-electron chi connectivity index (χ2n) is 3.81. The third-order valence-electron chi connectivity index (χ3n) is 2.55. The van der Waals surface area contributed by atoms with Crippen molar-refractivity contribution >= 4 is 17.6 Å². The van der Waals surface area contributed by atoms with Gasteiger partial charge in [0.15, 0.2) is 0 Å². The van der Waals surface area contributed by atoms with Gasteiger partial charge in [-0.2, -0.15) is 0 Å². The van der Waals surface area contributed by atoms with Gasteiger partial charge >= 0.3 is 5.97 Å². The second kappa shape index (κ2) is 7.34. The van der Waals surface area contributed by atoms with Crippen molar-refractivity contribution in [3.63, 3.8) is 0 Å². The summed E-state index contributed by atoms with van der Waals surface area (Å²) in [5.74, 6) is -0.670. The van der Waals surface area contributed by atoms with E-state index < -0.39 is 0 Å². The van der Waals surface area contributed by atoms with E-state index in [1.807, 2.05) is 6.92 Å². The van der Waals surface area contributed by atoms with E-state index in [0.717, 1.165) is 0 Å². The molecule has 0 spiro atoms. The molecule has 0 saturated carbocycles. The minimum atomic E-state index is -0.357. The maximum atomic E-state index is 13.6. The number of hydrogen-bond donors (Lipinski definition) is 0. The summed E-state index contributed by atoms with van der Waals surface area (Å²) in [4.78, 5) is 13.2. The molecule has 0 aliphatic rings. The summed E-state index contributed by atoms with van der Waals surface area (Å²) in [6, 6.07) is 4.56. The first kappa shape index (κ1) is 14.9. The summed E-state index contributed by atoms with van der Waals surface area (Å²) in [5.41, 5.74) is 0.408. The van der Waals surface area contributed by atoms with Crippen LogP contribution in [0.25, 0.3) is 0 Å². The van der Waals surface area contributed by atoms with Gasteiger partial charge in [-0.3, -0.25) is 9.69 Å². The molecule has 0 radical (unpaired) electrons. The van der Waals surface area contributed by atoms with Gasteiger partial charge < -0.3 is 4.74 Å². The zero-order valence-corrected chi connectivity index (χ0v) is 11.3. The van der Waals surface area contributed by atoms with E-state index in [1.165, 1.54) is 6.07 Å². The van der Waals surface area contributed by atoms with E-state index in [-0.39, 0.29) is 18.3 Å². The first-order chi connectivity index (χ1) is 8.58. The Morgan fingerprint density at radius 2 is 2.17 bits per heavy atom. The first-order valence-corrected chi connectivity index (χ1v) is 6.27. The molecule has 0 heterocycles. The van der Waals surface area contributed by atoms with E-state index in [1.54, 1.807) is 24.0 Å². The smallest absolute Gasteiger partial charge is 0.320 e. The van der Waals surface area contributed by atoms with Crippen LogP contribution >= 0.6 is 11.6 Å². The number of carbonyl (C=O) groups is 1. The first-order valence-electron chi connectivity index (χ1n) is 5.89. The molecule has 0 aliphatic heterocycles. The third kappa shape index (κ3) is 4.27. The average Bonchev–Trinajstić information content (AvgIpc) is 2.33. The van der Waals surface area contributed by atoms with E-state index in [9.17, 15) is 9.18 Å². The zero-order chi connectivity index (χ0) is 13.5. The van der Waals surface area contributed by atoms with Crippen molar-refractivity contribution in [2.75, 3.05) is 19.7 Å². The topological polar surface area (TPSA) is 29.5 Å². The van der Waals surface area contributed by atoms with Crippen LogP contribution in [0.2, 0.25) is 5.02 Å². The zero-order valence-electron chi connectivity index (χ0n) is 10.6. The molecule has 0 aromatic heterocycles. The fourth-order valence-corrected chi connectivity index (χ4v) is 1.80. The quantitative estimate of drug-likeness (QED) is 0.747. The van der Waals surface area contributed by atoms with Crippen LogP contribution in [-0.2, 0) is 16.1 Å². The normalized spacial score (nSPS) is 10.7. The Labute approximate surface area is 111 Å². The summed E-state index contributed by atoms with van der Waals surface area (Å²) in [7, 11) is 0. The van der Waals surface area contributed by atoms with Crippen LogP contribution in [0.4, 0.5) is 4.39 Å². The van der Waals surface area contributed by atoms with Crippen molar-refractivity contribution in [2.24, 2.45) is 0 Å². The predicted octanol–water partition coefficient (Wildman–Crippen LogP) is 2.86. The van der Waals surface area contributed by atoms with Gasteiger partial charge in [-0.25, -0.2) is 4.39 Å². The monoisotopic (exact) mass is 273 g/mol. The molecule has 1 rings (SSSR count). The Morgan fingerprint density at radius 3 is 2.72 bits per heavy atom. The molecule has 0 aliphatic carbocycles. The summed E-state index contributed by atoms with van der Waals surface area (Å²) in [6.45, 7) is 5.03. The van der Waals surface area contributed by atoms with Crippen LogP contribution in [0.3, 0.4) is 0 Å². The number of nitrogens with zero attached hydrogens (tertiary/aromatic N) is 1. The summed E-state index contributed by atoms with van der Waals surface area (Å²) in [5, 5.41) is 0.373. The van der Waals surface area contributed by atoms with E-state index in [4.69, 9.17) is 16.3 Å². The lowest BCUT2D eigenvalue weighted by molar-refractivity contribution is -0.144. The average molecular weight is 274 g/mol. The maximum absolute atomic E-state index is 13.6. The molecule has 5 heteroatoms. The highest BCUT2D eigenvalue weighted by molar-refractivity contribution is 6.31. The third-order valence-corrected chi connectivity index (χ3v) is 2.90. The van der Waals surface area contributed by atoms with E-state index in [0.29, 0.717) is 30.3 Å². The lowest BCUT2D eigenvalue weighted by atomic mass is 10.2. The summed E-state index contributed by atoms with van der Waals surface area (Å²) < 4.78 is 18.5. The van der Waals surface area contributed by atoms with Gasteiger partial charge in [0.05, 0.1) is 13.2 Å². The van der Waals surface area contributed by atoms with Gasteiger partial charge in [0.1, 0.15) is 5.82 Å². The molecule has 18 heavy (non-hydrogen) atoms. The minimum Gasteiger partial charge on any atom is -0.465 e. The summed E-state index contributed by atoms with van der Waals surface area (Å²) >= 11 is 5.95. The Bertz CT molecular complexity index is 392. The van der Waals surface area contributed by atoms with Crippen molar-refractivity contribution in [3.05, 3.63) is 34.6 Å². The second-order valence-corrected chi connectivity index (χ2v) is 4.22. The fourth-order valence-electron chi connectivity index (χ4n) is 1.58. The minimum absolute atomic E-state index is 0.134. The van der Waals surface area contributed by atoms with Crippen LogP contribution in [0.1, 0.15) is 19.4 Å². The highest BCUT2D eigenvalue weighted by Gasteiger charge is 2.14. The SMILES string of the molecule is CCOC(=O)CN(CC)Cc1c(F)cccc1Cl. The lowest BCUT2D eigenvalue weighted by Crippen LogP contribution is -2.30. The maximum Gasteiger partial charge on any atom is 0.320 e. The number of carbonyl (C=O) groups excluding carboxylic acids is 1. The van der Waals surface area contributed by atoms with Gasteiger partial charge in [0.2, 0.25) is 0 Å². The van der Waals surface area contributed by atoms with Crippen LogP contribution < -0.4 is 0 Å². The number of rotatable bonds is 6. The molecule has 3 nitrogen and oxygen atoms in total. The Kier molecular flexibility index (Phi) is 6.09. The molecule has 0 N–H and O–H groups in total. The highest BCUT2D eigenvalue weighted by Crippen LogP contribution is 2.20. The number of esters is 1. The Balaban J connectivity index is 2.71. The van der Waals surface area contributed by atoms with Gasteiger partial charge in [-0.1, -0.05) is 24.6 Å². The molecular formula is C13H17ClFNO2. The lowest BCUT2D eigenvalue weighted by Gasteiger charge is -2.20. The van der Waals surface area contributed by atoms with Crippen molar-refractivity contribution in [2.45, 2.75) is 20.4 Å². The number of halogens is 2. The fraction of sp³-hybridized carbons (Fsp3) is 0.462. The van der Waals surface area contributed by atoms with Gasteiger partial charge in [-0.15, -0.1) is 0 Å². The van der Waals surface area contributed by atoms with Crippen LogP contribution in [0, 0.1) is 5.82 Å². The molecule has 100 valence electrons. The molecule has 1 aromatic rings. The molecule has 1 aromatic carbocycles. The van der Waals surface area contributed by atoms with Gasteiger partial charge in [0, 0.05) is 17.1 Å². The predicted molar refractivity (Wildman–Crippen MR) is 69.0 cm³/mol. The van der Waals surface area contributed by atoms with Crippen LogP contribution in [-0.4, -0.2) is 30.6 Å². The Hall–Kier alpha value is -1.13. The standard InChI is InChI=1S/C13H17ClFNO2/c1-3-16(9-13(17)18-4-2)8-10-11(14)6-5-7-12(10)15/h5-7H,3-4,8-9H2,1-2H3. The van der Waals surface area contributed by atoms with Crippen molar-refractivity contribution in [1.29, 1.82) is 0 Å². The van der Waals surface area contributed by atoms with Gasteiger partial charge in [0.25, 0.3) is 0 Å². The molecule has 0 unspecified atom stereocenters. The number of benzene rings is 1. The number of ether oxygens (including phenoxy) is 1. The highest BCUT2D eigenvalue weighted by atomic mass is 35.5. The molecule has 0 saturated heterocycles. The summed E-state index contributed by atoms with van der Waals surface area (Å²) in [6.07, 6.45) is 0. The number of likely N-dealkylation sites (N-methyl/N-ethyl adjacent to an activating group) is 1. The molecule has 0 fully saturated rings. The van der Waals surface area contributed by atoms with E-state index >= 15 is 0 Å². The molecular weight excluding hydrogens is 257 g/mol. The largest absolute Gasteiger partial charge is 0.465 e. The van der Waals surface area contributed by atoms with Gasteiger partial charge in [-0.05, 0) is 25.6 Å². The Morgan fingerprint density at radius 1 is 1.44 bits per heavy atom. The van der Waals surface area contributed by atoms with Crippen molar-refractivity contribution in [1.82, 2.24) is 4.90 Å². The molecule has 0 bridgehead atoms.